The van der Waals surface area contributed by atoms with Crippen LogP contribution >= 0.6 is 0 Å². The van der Waals surface area contributed by atoms with E-state index in [9.17, 15) is 0 Å². The van der Waals surface area contributed by atoms with E-state index in [4.69, 9.17) is 4.98 Å². The lowest BCUT2D eigenvalue weighted by Gasteiger charge is -2.25. The first-order valence-electron chi connectivity index (χ1n) is 12.5. The Kier molecular flexibility index (Phi) is 4.88. The van der Waals surface area contributed by atoms with Crippen LogP contribution in [0.25, 0.3) is 44.3 Å². The van der Waals surface area contributed by atoms with Crippen molar-refractivity contribution in [2.75, 3.05) is 0 Å². The Labute approximate surface area is 209 Å². The molecule has 5 aromatic rings. The fourth-order valence-electron chi connectivity index (χ4n) is 5.85. The fourth-order valence-corrected chi connectivity index (χ4v) is 9.22. The van der Waals surface area contributed by atoms with Gasteiger partial charge in [-0.1, -0.05) is 107 Å². The van der Waals surface area contributed by atoms with E-state index in [0.717, 1.165) is 5.69 Å². The highest BCUT2D eigenvalue weighted by Crippen LogP contribution is 2.37. The van der Waals surface area contributed by atoms with Gasteiger partial charge in [0, 0.05) is 11.8 Å². The summed E-state index contributed by atoms with van der Waals surface area (Å²) in [4.78, 5) is 5.04. The third kappa shape index (κ3) is 3.47. The molecule has 1 aliphatic rings. The SMILES string of the molecule is CC(C)(C)c1cc(-c2nccc3c2[Si](C)(C)c2cc(-c4ccccc4)ccc2-3)cc2ccccc12. The van der Waals surface area contributed by atoms with Crippen LogP contribution in [0.15, 0.2) is 97.2 Å². The zero-order chi connectivity index (χ0) is 24.4. The Bertz CT molecular complexity index is 1590. The summed E-state index contributed by atoms with van der Waals surface area (Å²) in [7, 11) is -1.97. The van der Waals surface area contributed by atoms with E-state index in [1.165, 1.54) is 54.5 Å². The molecule has 0 bridgehead atoms. The topological polar surface area (TPSA) is 12.9 Å². The van der Waals surface area contributed by atoms with Crippen LogP contribution in [0.5, 0.6) is 0 Å². The van der Waals surface area contributed by atoms with Crippen LogP contribution in [0.3, 0.4) is 0 Å². The normalized spacial score (nSPS) is 14.1. The molecule has 6 rings (SSSR count). The molecule has 1 nitrogen and oxygen atoms in total. The Balaban J connectivity index is 1.58. The maximum absolute atomic E-state index is 5.04. The van der Waals surface area contributed by atoms with E-state index < -0.39 is 8.07 Å². The molecular formula is C33H31NSi. The minimum atomic E-state index is -1.97. The smallest absolute Gasteiger partial charge is 0.116 e. The van der Waals surface area contributed by atoms with Gasteiger partial charge in [0.25, 0.3) is 0 Å². The second-order valence-electron chi connectivity index (χ2n) is 11.3. The second kappa shape index (κ2) is 7.76. The first-order valence-corrected chi connectivity index (χ1v) is 15.5. The number of rotatable bonds is 2. The van der Waals surface area contributed by atoms with Gasteiger partial charge in [0.15, 0.2) is 0 Å². The zero-order valence-electron chi connectivity index (χ0n) is 21.2. The first kappa shape index (κ1) is 22.0. The van der Waals surface area contributed by atoms with E-state index >= 15 is 0 Å². The van der Waals surface area contributed by atoms with Gasteiger partial charge in [0.05, 0.1) is 5.69 Å². The number of fused-ring (bicyclic) bond motifs is 4. The van der Waals surface area contributed by atoms with Crippen molar-refractivity contribution in [1.29, 1.82) is 0 Å². The molecule has 0 amide bonds. The van der Waals surface area contributed by atoms with Crippen LogP contribution in [0.1, 0.15) is 26.3 Å². The lowest BCUT2D eigenvalue weighted by atomic mass is 9.82. The molecule has 1 aliphatic heterocycles. The molecule has 0 unspecified atom stereocenters. The average molecular weight is 470 g/mol. The van der Waals surface area contributed by atoms with Crippen LogP contribution in [-0.2, 0) is 5.41 Å². The van der Waals surface area contributed by atoms with Crippen molar-refractivity contribution in [2.45, 2.75) is 39.3 Å². The van der Waals surface area contributed by atoms with Crippen LogP contribution in [0.2, 0.25) is 13.1 Å². The third-order valence-electron chi connectivity index (χ3n) is 7.61. The van der Waals surface area contributed by atoms with Gasteiger partial charge >= 0.3 is 0 Å². The molecular weight excluding hydrogens is 438 g/mol. The predicted octanol–water partition coefficient (Wildman–Crippen LogP) is 7.67. The van der Waals surface area contributed by atoms with Crippen molar-refractivity contribution < 1.29 is 0 Å². The molecule has 0 N–H and O–H groups in total. The second-order valence-corrected chi connectivity index (χ2v) is 15.6. The summed E-state index contributed by atoms with van der Waals surface area (Å²) in [5, 5.41) is 5.61. The van der Waals surface area contributed by atoms with Gasteiger partial charge < -0.3 is 0 Å². The number of hydrogen-bond acceptors (Lipinski definition) is 1. The molecule has 0 aliphatic carbocycles. The molecule has 172 valence electrons. The van der Waals surface area contributed by atoms with Crippen LogP contribution < -0.4 is 10.4 Å². The quantitative estimate of drug-likeness (QED) is 0.242. The van der Waals surface area contributed by atoms with Gasteiger partial charge in [0.2, 0.25) is 0 Å². The van der Waals surface area contributed by atoms with Crippen LogP contribution in [-0.4, -0.2) is 13.1 Å². The van der Waals surface area contributed by atoms with Gasteiger partial charge in [-0.05, 0) is 72.6 Å². The lowest BCUT2D eigenvalue weighted by Crippen LogP contribution is -2.50. The number of pyridine rings is 1. The highest BCUT2D eigenvalue weighted by atomic mass is 28.3. The molecule has 0 fully saturated rings. The van der Waals surface area contributed by atoms with E-state index in [0.29, 0.717) is 0 Å². The van der Waals surface area contributed by atoms with Gasteiger partial charge in [-0.25, -0.2) is 0 Å². The molecule has 35 heavy (non-hydrogen) atoms. The molecule has 0 radical (unpaired) electrons. The zero-order valence-corrected chi connectivity index (χ0v) is 22.2. The van der Waals surface area contributed by atoms with Crippen molar-refractivity contribution >= 4 is 29.2 Å². The summed E-state index contributed by atoms with van der Waals surface area (Å²) in [5.41, 5.74) is 9.16. The number of hydrogen-bond donors (Lipinski definition) is 0. The number of nitrogens with zero attached hydrogens (tertiary/aromatic N) is 1. The van der Waals surface area contributed by atoms with Gasteiger partial charge in [0.1, 0.15) is 8.07 Å². The highest BCUT2D eigenvalue weighted by Gasteiger charge is 2.40. The van der Waals surface area contributed by atoms with Gasteiger partial charge in [-0.15, -0.1) is 0 Å². The fraction of sp³-hybridized carbons (Fsp3) is 0.182. The van der Waals surface area contributed by atoms with Crippen LogP contribution in [0, 0.1) is 0 Å². The standard InChI is InChI=1S/C33H31NSi/c1-33(2,3)29-20-25(19-24-13-9-10-14-26(24)29)31-32-28(17-18-34-31)27-16-15-23(21-30(27)35(32,4)5)22-11-7-6-8-12-22/h6-21H,1-5H3. The molecule has 2 heteroatoms. The molecule has 0 saturated heterocycles. The maximum atomic E-state index is 5.04. The molecule has 0 saturated carbocycles. The van der Waals surface area contributed by atoms with Crippen molar-refractivity contribution in [3.05, 3.63) is 103 Å². The Morgan fingerprint density at radius 1 is 0.657 bits per heavy atom. The van der Waals surface area contributed by atoms with E-state index in [2.05, 4.69) is 125 Å². The number of aromatic nitrogens is 1. The minimum absolute atomic E-state index is 0.0497. The van der Waals surface area contributed by atoms with Crippen molar-refractivity contribution in [2.24, 2.45) is 0 Å². The number of benzene rings is 4. The Hall–Kier alpha value is -3.49. The lowest BCUT2D eigenvalue weighted by molar-refractivity contribution is 0.596. The van der Waals surface area contributed by atoms with Crippen molar-refractivity contribution in [3.8, 4) is 33.5 Å². The Morgan fingerprint density at radius 3 is 2.17 bits per heavy atom. The van der Waals surface area contributed by atoms with Crippen LogP contribution in [0.4, 0.5) is 0 Å². The van der Waals surface area contributed by atoms with E-state index in [1.807, 2.05) is 6.20 Å². The average Bonchev–Trinajstić information content (AvgIpc) is 3.10. The summed E-state index contributed by atoms with van der Waals surface area (Å²) in [6, 6.07) is 33.5. The Morgan fingerprint density at radius 2 is 1.40 bits per heavy atom. The predicted molar refractivity (Wildman–Crippen MR) is 154 cm³/mol. The summed E-state index contributed by atoms with van der Waals surface area (Å²) < 4.78 is 0. The highest BCUT2D eigenvalue weighted by molar-refractivity contribution is 7.04. The summed E-state index contributed by atoms with van der Waals surface area (Å²) in [6.45, 7) is 11.9. The largest absolute Gasteiger partial charge is 0.256 e. The maximum Gasteiger partial charge on any atom is 0.116 e. The summed E-state index contributed by atoms with van der Waals surface area (Å²) in [5.74, 6) is 0. The molecule has 1 aromatic heterocycles. The monoisotopic (exact) mass is 469 g/mol. The van der Waals surface area contributed by atoms with Crippen molar-refractivity contribution in [3.63, 3.8) is 0 Å². The molecule has 4 aromatic carbocycles. The molecule has 2 heterocycles. The van der Waals surface area contributed by atoms with E-state index in [1.54, 1.807) is 0 Å². The van der Waals surface area contributed by atoms with Gasteiger partial charge in [-0.3, -0.25) is 4.98 Å². The summed E-state index contributed by atoms with van der Waals surface area (Å²) in [6.07, 6.45) is 2.00. The van der Waals surface area contributed by atoms with Gasteiger partial charge in [-0.2, -0.15) is 0 Å². The molecule has 0 spiro atoms. The summed E-state index contributed by atoms with van der Waals surface area (Å²) >= 11 is 0. The third-order valence-corrected chi connectivity index (χ3v) is 11.1. The molecule has 0 atom stereocenters. The minimum Gasteiger partial charge on any atom is -0.256 e. The van der Waals surface area contributed by atoms with E-state index in [-0.39, 0.29) is 5.41 Å². The first-order chi connectivity index (χ1) is 16.7. The van der Waals surface area contributed by atoms with Crippen molar-refractivity contribution in [1.82, 2.24) is 4.98 Å².